The standard InChI is InChI=1S/C13H16N2O/c1-10-9-12(13(16)15(2)3)7-6-11(10)5-4-8-14/h6-7,9H,8,14H2,1-3H3. The van der Waals surface area contributed by atoms with Crippen LogP contribution in [0.1, 0.15) is 21.5 Å². The number of aryl methyl sites for hydroxylation is 1. The van der Waals surface area contributed by atoms with Gasteiger partial charge in [-0.2, -0.15) is 0 Å². The Morgan fingerprint density at radius 1 is 1.44 bits per heavy atom. The van der Waals surface area contributed by atoms with E-state index in [0.717, 1.165) is 11.1 Å². The first kappa shape index (κ1) is 12.3. The van der Waals surface area contributed by atoms with Gasteiger partial charge >= 0.3 is 0 Å². The van der Waals surface area contributed by atoms with Crippen LogP contribution in [0.2, 0.25) is 0 Å². The molecular formula is C13H16N2O. The SMILES string of the molecule is Cc1cc(C(=O)N(C)C)ccc1C#CCN. The Kier molecular flexibility index (Phi) is 4.10. The lowest BCUT2D eigenvalue weighted by Gasteiger charge is -2.11. The van der Waals surface area contributed by atoms with Gasteiger partial charge in [0.25, 0.3) is 5.91 Å². The molecule has 0 aliphatic carbocycles. The molecule has 2 N–H and O–H groups in total. The second-order valence-electron chi connectivity index (χ2n) is 3.74. The van der Waals surface area contributed by atoms with Crippen molar-refractivity contribution in [1.29, 1.82) is 0 Å². The van der Waals surface area contributed by atoms with E-state index in [2.05, 4.69) is 11.8 Å². The van der Waals surface area contributed by atoms with E-state index < -0.39 is 0 Å². The second kappa shape index (κ2) is 5.34. The number of amides is 1. The molecule has 0 fully saturated rings. The van der Waals surface area contributed by atoms with Gasteiger partial charge in [-0.3, -0.25) is 4.79 Å². The third kappa shape index (κ3) is 2.85. The molecule has 0 saturated carbocycles. The summed E-state index contributed by atoms with van der Waals surface area (Å²) in [4.78, 5) is 13.2. The summed E-state index contributed by atoms with van der Waals surface area (Å²) in [5.41, 5.74) is 7.90. The lowest BCUT2D eigenvalue weighted by molar-refractivity contribution is 0.0827. The highest BCUT2D eigenvalue weighted by molar-refractivity contribution is 5.94. The van der Waals surface area contributed by atoms with E-state index in [1.54, 1.807) is 25.1 Å². The largest absolute Gasteiger partial charge is 0.345 e. The molecule has 1 amide bonds. The van der Waals surface area contributed by atoms with Gasteiger partial charge in [-0.05, 0) is 30.7 Å². The zero-order valence-corrected chi connectivity index (χ0v) is 9.87. The zero-order chi connectivity index (χ0) is 12.1. The molecule has 3 nitrogen and oxygen atoms in total. The minimum atomic E-state index is 0.00133. The summed E-state index contributed by atoms with van der Waals surface area (Å²) in [7, 11) is 3.47. The molecule has 0 aliphatic rings. The summed E-state index contributed by atoms with van der Waals surface area (Å²) in [5, 5.41) is 0. The second-order valence-corrected chi connectivity index (χ2v) is 3.74. The highest BCUT2D eigenvalue weighted by Gasteiger charge is 2.08. The maximum absolute atomic E-state index is 11.7. The molecule has 0 saturated heterocycles. The van der Waals surface area contributed by atoms with Crippen LogP contribution >= 0.6 is 0 Å². The number of carbonyl (C=O) groups is 1. The van der Waals surface area contributed by atoms with Gasteiger partial charge in [-0.25, -0.2) is 0 Å². The smallest absolute Gasteiger partial charge is 0.253 e. The summed E-state index contributed by atoms with van der Waals surface area (Å²) >= 11 is 0. The Labute approximate surface area is 96.2 Å². The first-order chi connectivity index (χ1) is 7.56. The van der Waals surface area contributed by atoms with Crippen molar-refractivity contribution in [2.45, 2.75) is 6.92 Å². The molecule has 1 rings (SSSR count). The van der Waals surface area contributed by atoms with E-state index in [9.17, 15) is 4.79 Å². The molecule has 0 atom stereocenters. The van der Waals surface area contributed by atoms with Crippen LogP contribution in [0.3, 0.4) is 0 Å². The van der Waals surface area contributed by atoms with E-state index in [1.807, 2.05) is 19.1 Å². The van der Waals surface area contributed by atoms with E-state index in [-0.39, 0.29) is 5.91 Å². The molecule has 3 heteroatoms. The van der Waals surface area contributed by atoms with Crippen molar-refractivity contribution in [3.8, 4) is 11.8 Å². The quantitative estimate of drug-likeness (QED) is 0.712. The number of rotatable bonds is 1. The zero-order valence-electron chi connectivity index (χ0n) is 9.87. The van der Waals surface area contributed by atoms with E-state index in [1.165, 1.54) is 0 Å². The Morgan fingerprint density at radius 3 is 2.62 bits per heavy atom. The van der Waals surface area contributed by atoms with Gasteiger partial charge in [-0.1, -0.05) is 11.8 Å². The van der Waals surface area contributed by atoms with Crippen LogP contribution in [0, 0.1) is 18.8 Å². The van der Waals surface area contributed by atoms with Crippen LogP contribution in [0.15, 0.2) is 18.2 Å². The summed E-state index contributed by atoms with van der Waals surface area (Å²) < 4.78 is 0. The molecule has 16 heavy (non-hydrogen) atoms. The van der Waals surface area contributed by atoms with E-state index in [4.69, 9.17) is 5.73 Å². The molecule has 0 radical (unpaired) electrons. The third-order valence-corrected chi connectivity index (χ3v) is 2.20. The summed E-state index contributed by atoms with van der Waals surface area (Å²) in [5.74, 6) is 5.77. The molecule has 84 valence electrons. The maximum Gasteiger partial charge on any atom is 0.253 e. The first-order valence-electron chi connectivity index (χ1n) is 5.07. The summed E-state index contributed by atoms with van der Waals surface area (Å²) in [6.07, 6.45) is 0. The van der Waals surface area contributed by atoms with Crippen molar-refractivity contribution < 1.29 is 4.79 Å². The van der Waals surface area contributed by atoms with Crippen molar-refractivity contribution in [2.24, 2.45) is 5.73 Å². The molecular weight excluding hydrogens is 200 g/mol. The van der Waals surface area contributed by atoms with Crippen LogP contribution in [0.25, 0.3) is 0 Å². The lowest BCUT2D eigenvalue weighted by Crippen LogP contribution is -2.21. The molecule has 0 spiro atoms. The highest BCUT2D eigenvalue weighted by Crippen LogP contribution is 2.11. The Hall–Kier alpha value is -1.79. The number of hydrogen-bond acceptors (Lipinski definition) is 2. The predicted octanol–water partition coefficient (Wildman–Crippen LogP) is 1.01. The van der Waals surface area contributed by atoms with Gasteiger partial charge in [0.05, 0.1) is 6.54 Å². The fourth-order valence-corrected chi connectivity index (χ4v) is 1.34. The van der Waals surface area contributed by atoms with Gasteiger partial charge in [0.2, 0.25) is 0 Å². The van der Waals surface area contributed by atoms with Crippen molar-refractivity contribution in [2.75, 3.05) is 20.6 Å². The van der Waals surface area contributed by atoms with E-state index in [0.29, 0.717) is 12.1 Å². The summed E-state index contributed by atoms with van der Waals surface area (Å²) in [6, 6.07) is 5.49. The molecule has 1 aromatic rings. The Bertz CT molecular complexity index is 453. The first-order valence-corrected chi connectivity index (χ1v) is 5.07. The number of nitrogens with zero attached hydrogens (tertiary/aromatic N) is 1. The minimum absolute atomic E-state index is 0.00133. The fraction of sp³-hybridized carbons (Fsp3) is 0.308. The topological polar surface area (TPSA) is 46.3 Å². The summed E-state index contributed by atoms with van der Waals surface area (Å²) in [6.45, 7) is 2.28. The van der Waals surface area contributed by atoms with Crippen molar-refractivity contribution in [3.05, 3.63) is 34.9 Å². The highest BCUT2D eigenvalue weighted by atomic mass is 16.2. The number of benzene rings is 1. The van der Waals surface area contributed by atoms with Crippen molar-refractivity contribution in [1.82, 2.24) is 4.90 Å². The lowest BCUT2D eigenvalue weighted by atomic mass is 10.0. The van der Waals surface area contributed by atoms with Crippen molar-refractivity contribution >= 4 is 5.91 Å². The monoisotopic (exact) mass is 216 g/mol. The van der Waals surface area contributed by atoms with Crippen LogP contribution in [-0.2, 0) is 0 Å². The van der Waals surface area contributed by atoms with Crippen molar-refractivity contribution in [3.63, 3.8) is 0 Å². The predicted molar refractivity (Wildman–Crippen MR) is 65.1 cm³/mol. The molecule has 0 aliphatic heterocycles. The average Bonchev–Trinajstić information content (AvgIpc) is 2.26. The number of hydrogen-bond donors (Lipinski definition) is 1. The van der Waals surface area contributed by atoms with Gasteiger partial charge in [0.15, 0.2) is 0 Å². The van der Waals surface area contributed by atoms with E-state index >= 15 is 0 Å². The minimum Gasteiger partial charge on any atom is -0.345 e. The molecule has 0 bridgehead atoms. The maximum atomic E-state index is 11.7. The Balaban J connectivity index is 3.04. The van der Waals surface area contributed by atoms with Gasteiger partial charge in [0, 0.05) is 25.2 Å². The fourth-order valence-electron chi connectivity index (χ4n) is 1.34. The van der Waals surface area contributed by atoms with Crippen LogP contribution in [0.5, 0.6) is 0 Å². The van der Waals surface area contributed by atoms with Crippen LogP contribution in [-0.4, -0.2) is 31.4 Å². The van der Waals surface area contributed by atoms with Crippen LogP contribution < -0.4 is 5.73 Å². The molecule has 1 aromatic carbocycles. The normalized spacial score (nSPS) is 9.25. The number of nitrogens with two attached hydrogens (primary N) is 1. The van der Waals surface area contributed by atoms with Crippen LogP contribution in [0.4, 0.5) is 0 Å². The molecule has 0 heterocycles. The van der Waals surface area contributed by atoms with Gasteiger partial charge in [-0.15, -0.1) is 0 Å². The number of carbonyl (C=O) groups excluding carboxylic acids is 1. The van der Waals surface area contributed by atoms with Gasteiger partial charge in [0.1, 0.15) is 0 Å². The third-order valence-electron chi connectivity index (χ3n) is 2.20. The average molecular weight is 216 g/mol. The Morgan fingerprint density at radius 2 is 2.12 bits per heavy atom. The van der Waals surface area contributed by atoms with Gasteiger partial charge < -0.3 is 10.6 Å². The molecule has 0 aromatic heterocycles. The molecule has 0 unspecified atom stereocenters.